The molecule has 0 aliphatic carbocycles. The Bertz CT molecular complexity index is 212. The van der Waals surface area contributed by atoms with Crippen molar-refractivity contribution >= 4 is 5.84 Å². The van der Waals surface area contributed by atoms with Crippen LogP contribution in [0.1, 0.15) is 19.3 Å². The van der Waals surface area contributed by atoms with E-state index < -0.39 is 0 Å². The number of nitrogens with two attached hydrogens (primary N) is 1. The van der Waals surface area contributed by atoms with Crippen LogP contribution in [0.5, 0.6) is 0 Å². The molecule has 2 heterocycles. The molecule has 0 aromatic rings. The molecule has 2 saturated heterocycles. The summed E-state index contributed by atoms with van der Waals surface area (Å²) < 4.78 is 11.1. The second-order valence-corrected chi connectivity index (χ2v) is 3.98. The van der Waals surface area contributed by atoms with Crippen LogP contribution in [0.4, 0.5) is 0 Å². The average molecular weight is 184 g/mol. The number of hydrogen-bond donors (Lipinski definition) is 2. The predicted octanol–water partition coefficient (Wildman–Crippen LogP) is 0.508. The molecule has 2 aliphatic heterocycles. The van der Waals surface area contributed by atoms with Crippen LogP contribution < -0.4 is 5.73 Å². The van der Waals surface area contributed by atoms with Gasteiger partial charge in [-0.1, -0.05) is 0 Å². The summed E-state index contributed by atoms with van der Waals surface area (Å²) in [4.78, 5) is 0. The van der Waals surface area contributed by atoms with E-state index in [0.29, 0.717) is 19.0 Å². The Morgan fingerprint density at radius 3 is 2.92 bits per heavy atom. The minimum absolute atomic E-state index is 0.116. The third-order valence-corrected chi connectivity index (χ3v) is 3.00. The van der Waals surface area contributed by atoms with E-state index in [0.717, 1.165) is 25.9 Å². The normalized spacial score (nSPS) is 39.5. The zero-order chi connectivity index (χ0) is 9.31. The molecule has 13 heavy (non-hydrogen) atoms. The van der Waals surface area contributed by atoms with Gasteiger partial charge in [-0.25, -0.2) is 0 Å². The highest BCUT2D eigenvalue weighted by atomic mass is 16.6. The molecule has 2 fully saturated rings. The molecule has 0 aromatic carbocycles. The van der Waals surface area contributed by atoms with E-state index in [2.05, 4.69) is 0 Å². The second kappa shape index (κ2) is 3.27. The van der Waals surface area contributed by atoms with Gasteiger partial charge >= 0.3 is 0 Å². The number of hydrogen-bond acceptors (Lipinski definition) is 3. The van der Waals surface area contributed by atoms with Gasteiger partial charge in [-0.15, -0.1) is 0 Å². The van der Waals surface area contributed by atoms with Gasteiger partial charge in [0.2, 0.25) is 0 Å². The molecule has 0 aromatic heterocycles. The molecule has 1 spiro atoms. The van der Waals surface area contributed by atoms with Crippen LogP contribution in [-0.4, -0.2) is 31.3 Å². The Kier molecular flexibility index (Phi) is 2.26. The maximum atomic E-state index is 7.42. The van der Waals surface area contributed by atoms with E-state index >= 15 is 0 Å². The molecule has 3 N–H and O–H groups in total. The summed E-state index contributed by atoms with van der Waals surface area (Å²) in [6, 6.07) is 0. The van der Waals surface area contributed by atoms with Crippen molar-refractivity contribution in [3.05, 3.63) is 0 Å². The van der Waals surface area contributed by atoms with Crippen molar-refractivity contribution in [3.8, 4) is 0 Å². The second-order valence-electron chi connectivity index (χ2n) is 3.98. The SMILES string of the molecule is N=C(N)C1CCOC2(CCOC2)C1. The van der Waals surface area contributed by atoms with E-state index in [-0.39, 0.29) is 11.5 Å². The van der Waals surface area contributed by atoms with Crippen LogP contribution in [0.15, 0.2) is 0 Å². The highest BCUT2D eigenvalue weighted by molar-refractivity contribution is 5.79. The monoisotopic (exact) mass is 184 g/mol. The maximum absolute atomic E-state index is 7.42. The Morgan fingerprint density at radius 2 is 2.31 bits per heavy atom. The summed E-state index contributed by atoms with van der Waals surface area (Å²) in [6.07, 6.45) is 2.70. The van der Waals surface area contributed by atoms with Crippen molar-refractivity contribution < 1.29 is 9.47 Å². The van der Waals surface area contributed by atoms with Crippen molar-refractivity contribution in [3.63, 3.8) is 0 Å². The summed E-state index contributed by atoms with van der Waals surface area (Å²) in [5.74, 6) is 0.505. The number of rotatable bonds is 1. The van der Waals surface area contributed by atoms with Gasteiger partial charge in [0.05, 0.1) is 18.0 Å². The summed E-state index contributed by atoms with van der Waals surface area (Å²) in [5.41, 5.74) is 5.39. The van der Waals surface area contributed by atoms with Gasteiger partial charge < -0.3 is 15.2 Å². The number of nitrogens with one attached hydrogen (secondary N) is 1. The van der Waals surface area contributed by atoms with Gasteiger partial charge in [0.25, 0.3) is 0 Å². The molecule has 0 radical (unpaired) electrons. The van der Waals surface area contributed by atoms with Crippen molar-refractivity contribution in [1.82, 2.24) is 0 Å². The lowest BCUT2D eigenvalue weighted by Gasteiger charge is -2.36. The average Bonchev–Trinajstić information content (AvgIpc) is 2.53. The van der Waals surface area contributed by atoms with E-state index in [9.17, 15) is 0 Å². The van der Waals surface area contributed by atoms with Gasteiger partial charge in [-0.05, 0) is 12.8 Å². The van der Waals surface area contributed by atoms with Gasteiger partial charge in [0.1, 0.15) is 0 Å². The predicted molar refractivity (Wildman–Crippen MR) is 48.8 cm³/mol. The molecule has 0 bridgehead atoms. The summed E-state index contributed by atoms with van der Waals surface area (Å²) in [7, 11) is 0. The van der Waals surface area contributed by atoms with Crippen molar-refractivity contribution in [2.75, 3.05) is 19.8 Å². The Hall–Kier alpha value is -0.610. The molecule has 4 heteroatoms. The fourth-order valence-corrected chi connectivity index (χ4v) is 2.16. The minimum atomic E-state index is -0.116. The standard InChI is InChI=1S/C9H16N2O2/c10-8(11)7-1-3-13-9(5-7)2-4-12-6-9/h7H,1-6H2,(H3,10,11). The molecule has 4 nitrogen and oxygen atoms in total. The first-order chi connectivity index (χ1) is 6.22. The lowest BCUT2D eigenvalue weighted by atomic mass is 9.85. The van der Waals surface area contributed by atoms with E-state index in [1.807, 2.05) is 0 Å². The molecular formula is C9H16N2O2. The van der Waals surface area contributed by atoms with Crippen LogP contribution >= 0.6 is 0 Å². The Balaban J connectivity index is 2.02. The van der Waals surface area contributed by atoms with Crippen molar-refractivity contribution in [1.29, 1.82) is 5.41 Å². The molecule has 2 atom stereocenters. The van der Waals surface area contributed by atoms with Crippen LogP contribution in [0.2, 0.25) is 0 Å². The topological polar surface area (TPSA) is 68.3 Å². The van der Waals surface area contributed by atoms with Gasteiger partial charge in [0.15, 0.2) is 0 Å². The first-order valence-corrected chi connectivity index (χ1v) is 4.77. The largest absolute Gasteiger partial charge is 0.387 e. The molecule has 2 rings (SSSR count). The quantitative estimate of drug-likeness (QED) is 0.461. The van der Waals surface area contributed by atoms with Gasteiger partial charge in [0, 0.05) is 25.6 Å². The Morgan fingerprint density at radius 1 is 1.46 bits per heavy atom. The number of ether oxygens (including phenoxy) is 2. The summed E-state index contributed by atoms with van der Waals surface area (Å²) in [5, 5.41) is 7.42. The first kappa shape index (κ1) is 8.97. The van der Waals surface area contributed by atoms with Gasteiger partial charge in [-0.2, -0.15) is 0 Å². The third-order valence-electron chi connectivity index (χ3n) is 3.00. The number of amidine groups is 1. The summed E-state index contributed by atoms with van der Waals surface area (Å²) in [6.45, 7) is 2.18. The molecule has 0 saturated carbocycles. The van der Waals surface area contributed by atoms with E-state index in [1.165, 1.54) is 0 Å². The molecular weight excluding hydrogens is 168 g/mol. The lowest BCUT2D eigenvalue weighted by molar-refractivity contribution is -0.0886. The highest BCUT2D eigenvalue weighted by Gasteiger charge is 2.41. The van der Waals surface area contributed by atoms with E-state index in [4.69, 9.17) is 20.6 Å². The molecule has 2 aliphatic rings. The highest BCUT2D eigenvalue weighted by Crippen LogP contribution is 2.35. The smallest absolute Gasteiger partial charge is 0.0943 e. The lowest BCUT2D eigenvalue weighted by Crippen LogP contribution is -2.43. The molecule has 0 amide bonds. The van der Waals surface area contributed by atoms with E-state index in [1.54, 1.807) is 0 Å². The van der Waals surface area contributed by atoms with Crippen molar-refractivity contribution in [2.24, 2.45) is 11.7 Å². The van der Waals surface area contributed by atoms with Crippen LogP contribution in [-0.2, 0) is 9.47 Å². The minimum Gasteiger partial charge on any atom is -0.387 e. The van der Waals surface area contributed by atoms with Crippen LogP contribution in [0, 0.1) is 11.3 Å². The van der Waals surface area contributed by atoms with Crippen LogP contribution in [0.25, 0.3) is 0 Å². The zero-order valence-electron chi connectivity index (χ0n) is 7.71. The fraction of sp³-hybridized carbons (Fsp3) is 0.889. The molecule has 74 valence electrons. The zero-order valence-corrected chi connectivity index (χ0v) is 7.71. The third kappa shape index (κ3) is 1.69. The first-order valence-electron chi connectivity index (χ1n) is 4.77. The molecule has 2 unspecified atom stereocenters. The maximum Gasteiger partial charge on any atom is 0.0943 e. The Labute approximate surface area is 77.9 Å². The van der Waals surface area contributed by atoms with Crippen LogP contribution in [0.3, 0.4) is 0 Å². The summed E-state index contributed by atoms with van der Waals surface area (Å²) >= 11 is 0. The van der Waals surface area contributed by atoms with Crippen molar-refractivity contribution in [2.45, 2.75) is 24.9 Å². The van der Waals surface area contributed by atoms with Gasteiger partial charge in [-0.3, -0.25) is 5.41 Å². The fourth-order valence-electron chi connectivity index (χ4n) is 2.16.